The summed E-state index contributed by atoms with van der Waals surface area (Å²) in [7, 11) is 0. The summed E-state index contributed by atoms with van der Waals surface area (Å²) in [6.45, 7) is 4.52. The molecule has 4 aliphatic heterocycles. The van der Waals surface area contributed by atoms with Gasteiger partial charge in [-0.1, -0.05) is 41.9 Å². The molecular formula is C24H25ClN3O4-. The van der Waals surface area contributed by atoms with E-state index in [1.807, 2.05) is 30.3 Å². The molecule has 2 amide bonds. The number of nitrogens with zero attached hydrogens (tertiary/aromatic N) is 3. The molecule has 32 heavy (non-hydrogen) atoms. The maximum absolute atomic E-state index is 13.4. The lowest BCUT2D eigenvalue weighted by Crippen LogP contribution is -2.57. The lowest BCUT2D eigenvalue weighted by atomic mass is 9.83. The highest BCUT2D eigenvalue weighted by Crippen LogP contribution is 2.42. The van der Waals surface area contributed by atoms with Crippen molar-refractivity contribution in [3.8, 4) is 5.75 Å². The minimum absolute atomic E-state index is 0.108. The van der Waals surface area contributed by atoms with Crippen LogP contribution in [0.4, 0.5) is 5.69 Å². The van der Waals surface area contributed by atoms with Gasteiger partial charge in [0, 0.05) is 17.6 Å². The topological polar surface area (TPSA) is 76.2 Å². The van der Waals surface area contributed by atoms with E-state index in [-0.39, 0.29) is 34.2 Å². The van der Waals surface area contributed by atoms with Crippen molar-refractivity contribution in [1.29, 1.82) is 0 Å². The van der Waals surface area contributed by atoms with Crippen LogP contribution < -0.4 is 9.64 Å². The molecular weight excluding hydrogens is 430 g/mol. The highest BCUT2D eigenvalue weighted by molar-refractivity contribution is 6.31. The van der Waals surface area contributed by atoms with E-state index < -0.39 is 12.0 Å². The second-order valence-corrected chi connectivity index (χ2v) is 9.24. The van der Waals surface area contributed by atoms with Crippen LogP contribution >= 0.6 is 11.6 Å². The zero-order chi connectivity index (χ0) is 22.4. The molecule has 4 heterocycles. The minimum atomic E-state index is -0.782. The lowest BCUT2D eigenvalue weighted by molar-refractivity contribution is -0.125. The van der Waals surface area contributed by atoms with Gasteiger partial charge in [-0.25, -0.2) is 0 Å². The molecule has 2 aromatic carbocycles. The molecule has 2 unspecified atom stereocenters. The maximum Gasteiger partial charge on any atom is 0.268 e. The van der Waals surface area contributed by atoms with Gasteiger partial charge in [-0.3, -0.25) is 9.59 Å². The first kappa shape index (κ1) is 21.2. The number of amides is 2. The Morgan fingerprint density at radius 1 is 1.22 bits per heavy atom. The number of ether oxygens (including phenoxy) is 1. The zero-order valence-corrected chi connectivity index (χ0v) is 18.6. The van der Waals surface area contributed by atoms with Crippen LogP contribution in [0, 0.1) is 11.1 Å². The van der Waals surface area contributed by atoms with Gasteiger partial charge < -0.3 is 24.8 Å². The highest BCUT2D eigenvalue weighted by Gasteiger charge is 2.39. The van der Waals surface area contributed by atoms with Crippen LogP contribution in [0.3, 0.4) is 0 Å². The Balaban J connectivity index is 1.50. The SMILES string of the molecule is CC1Oc2c(C(=O)N([O-])C3CN4CCC3CC4)cc(Cl)cc2N(Cc2ccccc2)C1=O. The first-order valence-electron chi connectivity index (χ1n) is 11.0. The van der Waals surface area contributed by atoms with E-state index >= 15 is 0 Å². The Morgan fingerprint density at radius 2 is 1.94 bits per heavy atom. The standard InChI is InChI=1S/C24H25ClN3O4/c1-15-23(29)27(13-16-5-3-2-4-6-16)20-12-18(25)11-19(22(20)32-15)24(30)28(31)21-14-26-9-7-17(21)8-10-26/h2-6,11-12,15,17,21H,7-10,13-14H2,1H3/q-1. The summed E-state index contributed by atoms with van der Waals surface area (Å²) < 4.78 is 5.87. The van der Waals surface area contributed by atoms with Gasteiger partial charge in [-0.2, -0.15) is 0 Å². The molecule has 0 saturated carbocycles. The zero-order valence-electron chi connectivity index (χ0n) is 17.9. The van der Waals surface area contributed by atoms with Crippen LogP contribution in [-0.2, 0) is 11.3 Å². The Morgan fingerprint density at radius 3 is 2.59 bits per heavy atom. The molecule has 6 rings (SSSR count). The fourth-order valence-corrected chi connectivity index (χ4v) is 5.24. The summed E-state index contributed by atoms with van der Waals surface area (Å²) in [6, 6.07) is 12.3. The van der Waals surface area contributed by atoms with Gasteiger partial charge in [0.2, 0.25) is 5.91 Å². The third kappa shape index (κ3) is 3.74. The predicted molar refractivity (Wildman–Crippen MR) is 122 cm³/mol. The normalized spacial score (nSPS) is 26.5. The van der Waals surface area contributed by atoms with Crippen LogP contribution in [0.1, 0.15) is 35.7 Å². The number of carbonyl (C=O) groups is 2. The number of halogens is 1. The van der Waals surface area contributed by atoms with E-state index in [1.165, 1.54) is 6.07 Å². The van der Waals surface area contributed by atoms with Gasteiger partial charge >= 0.3 is 0 Å². The van der Waals surface area contributed by atoms with E-state index in [0.717, 1.165) is 31.5 Å². The number of carbonyl (C=O) groups excluding carboxylic acids is 2. The van der Waals surface area contributed by atoms with Crippen molar-refractivity contribution in [3.05, 3.63) is 63.8 Å². The summed E-state index contributed by atoms with van der Waals surface area (Å²) in [5.41, 5.74) is 1.46. The Hall–Kier alpha value is -2.61. The summed E-state index contributed by atoms with van der Waals surface area (Å²) >= 11 is 6.36. The minimum Gasteiger partial charge on any atom is -0.756 e. The Kier molecular flexibility index (Phi) is 5.57. The van der Waals surface area contributed by atoms with E-state index in [1.54, 1.807) is 17.9 Å². The largest absolute Gasteiger partial charge is 0.756 e. The molecule has 7 nitrogen and oxygen atoms in total. The fourth-order valence-electron chi connectivity index (χ4n) is 5.03. The molecule has 0 radical (unpaired) electrons. The van der Waals surface area contributed by atoms with Crippen LogP contribution in [-0.4, -0.2) is 53.6 Å². The lowest BCUT2D eigenvalue weighted by Gasteiger charge is -2.51. The van der Waals surface area contributed by atoms with Gasteiger partial charge in [0.1, 0.15) is 0 Å². The van der Waals surface area contributed by atoms with Crippen LogP contribution in [0.15, 0.2) is 42.5 Å². The molecule has 4 aliphatic rings. The summed E-state index contributed by atoms with van der Waals surface area (Å²) in [5.74, 6) is -0.431. The number of hydrogen-bond acceptors (Lipinski definition) is 5. The van der Waals surface area contributed by atoms with Gasteiger partial charge in [0.25, 0.3) is 5.91 Å². The van der Waals surface area contributed by atoms with Crippen LogP contribution in [0.5, 0.6) is 5.75 Å². The van der Waals surface area contributed by atoms with E-state index in [0.29, 0.717) is 23.8 Å². The van der Waals surface area contributed by atoms with Gasteiger partial charge in [-0.05, 0) is 56.5 Å². The summed E-state index contributed by atoms with van der Waals surface area (Å²) in [4.78, 5) is 30.1. The fraction of sp³-hybridized carbons (Fsp3) is 0.417. The molecule has 0 aromatic heterocycles. The molecule has 2 bridgehead atoms. The molecule has 3 saturated heterocycles. The number of piperidine rings is 3. The Labute approximate surface area is 192 Å². The van der Waals surface area contributed by atoms with Crippen molar-refractivity contribution in [2.45, 2.75) is 38.5 Å². The highest BCUT2D eigenvalue weighted by atomic mass is 35.5. The first-order valence-corrected chi connectivity index (χ1v) is 11.4. The number of rotatable bonds is 4. The van der Waals surface area contributed by atoms with Gasteiger partial charge in [0.15, 0.2) is 11.9 Å². The van der Waals surface area contributed by atoms with Crippen molar-refractivity contribution in [2.75, 3.05) is 24.5 Å². The van der Waals surface area contributed by atoms with E-state index in [9.17, 15) is 14.8 Å². The van der Waals surface area contributed by atoms with E-state index in [2.05, 4.69) is 4.90 Å². The Bertz CT molecular complexity index is 1040. The maximum atomic E-state index is 13.4. The van der Waals surface area contributed by atoms with Crippen molar-refractivity contribution in [2.24, 2.45) is 5.92 Å². The second-order valence-electron chi connectivity index (χ2n) is 8.81. The van der Waals surface area contributed by atoms with Crippen LogP contribution in [0.2, 0.25) is 5.02 Å². The quantitative estimate of drug-likeness (QED) is 0.658. The molecule has 8 heteroatoms. The molecule has 0 aliphatic carbocycles. The average Bonchev–Trinajstić information content (AvgIpc) is 2.82. The van der Waals surface area contributed by atoms with Crippen molar-refractivity contribution in [1.82, 2.24) is 9.96 Å². The smallest absolute Gasteiger partial charge is 0.268 e. The molecule has 0 spiro atoms. The second kappa shape index (κ2) is 8.39. The number of anilines is 1. The molecule has 0 N–H and O–H groups in total. The van der Waals surface area contributed by atoms with Gasteiger partial charge in [-0.15, -0.1) is 0 Å². The third-order valence-corrected chi connectivity index (χ3v) is 6.99. The van der Waals surface area contributed by atoms with Gasteiger partial charge in [0.05, 0.1) is 17.8 Å². The first-order chi connectivity index (χ1) is 15.4. The number of hydrogen-bond donors (Lipinski definition) is 0. The van der Waals surface area contributed by atoms with E-state index in [4.69, 9.17) is 16.3 Å². The molecule has 3 fully saturated rings. The molecule has 168 valence electrons. The summed E-state index contributed by atoms with van der Waals surface area (Å²) in [6.07, 6.45) is 1.07. The number of benzene rings is 2. The number of fused-ring (bicyclic) bond motifs is 4. The summed E-state index contributed by atoms with van der Waals surface area (Å²) in [5, 5.41) is 14.0. The monoisotopic (exact) mass is 454 g/mol. The third-order valence-electron chi connectivity index (χ3n) is 6.77. The predicted octanol–water partition coefficient (Wildman–Crippen LogP) is 3.69. The average molecular weight is 455 g/mol. The molecule has 2 aromatic rings. The van der Waals surface area contributed by atoms with Crippen molar-refractivity contribution < 1.29 is 14.3 Å². The van der Waals surface area contributed by atoms with Crippen molar-refractivity contribution >= 4 is 29.1 Å². The van der Waals surface area contributed by atoms with Crippen LogP contribution in [0.25, 0.3) is 0 Å². The van der Waals surface area contributed by atoms with Crippen molar-refractivity contribution in [3.63, 3.8) is 0 Å². The number of hydroxylamine groups is 2. The molecule has 2 atom stereocenters.